The van der Waals surface area contributed by atoms with Crippen molar-refractivity contribution in [1.82, 2.24) is 10.6 Å². The van der Waals surface area contributed by atoms with Crippen LogP contribution in [0.4, 0.5) is 0 Å². The van der Waals surface area contributed by atoms with E-state index in [2.05, 4.69) is 10.6 Å². The summed E-state index contributed by atoms with van der Waals surface area (Å²) in [4.78, 5) is 12.2. The Morgan fingerprint density at radius 2 is 2.00 bits per heavy atom. The van der Waals surface area contributed by atoms with E-state index in [0.717, 1.165) is 31.5 Å². The first-order valence-corrected chi connectivity index (χ1v) is 6.40. The van der Waals surface area contributed by atoms with Crippen molar-refractivity contribution >= 4 is 5.91 Å². The van der Waals surface area contributed by atoms with Gasteiger partial charge in [-0.25, -0.2) is 0 Å². The van der Waals surface area contributed by atoms with Crippen molar-refractivity contribution in [3.63, 3.8) is 0 Å². The van der Waals surface area contributed by atoms with Gasteiger partial charge in [-0.2, -0.15) is 0 Å². The van der Waals surface area contributed by atoms with Crippen molar-refractivity contribution in [3.05, 3.63) is 35.9 Å². The van der Waals surface area contributed by atoms with Crippen LogP contribution in [0, 0.1) is 0 Å². The molecule has 2 rings (SSSR count). The summed E-state index contributed by atoms with van der Waals surface area (Å²) >= 11 is 0. The fourth-order valence-corrected chi connectivity index (χ4v) is 2.27. The highest BCUT2D eigenvalue weighted by atomic mass is 16.5. The van der Waals surface area contributed by atoms with Crippen molar-refractivity contribution in [2.75, 3.05) is 20.2 Å². The molecule has 0 saturated carbocycles. The quantitative estimate of drug-likeness (QED) is 0.843. The van der Waals surface area contributed by atoms with E-state index < -0.39 is 6.10 Å². The zero-order valence-corrected chi connectivity index (χ0v) is 10.7. The second-order valence-corrected chi connectivity index (χ2v) is 4.56. The van der Waals surface area contributed by atoms with Crippen LogP contribution < -0.4 is 10.6 Å². The van der Waals surface area contributed by atoms with Gasteiger partial charge in [0.2, 0.25) is 0 Å². The van der Waals surface area contributed by atoms with Gasteiger partial charge in [0.25, 0.3) is 5.91 Å². The highest BCUT2D eigenvalue weighted by molar-refractivity contribution is 5.82. The van der Waals surface area contributed by atoms with Crippen molar-refractivity contribution < 1.29 is 9.53 Å². The number of piperidine rings is 1. The summed E-state index contributed by atoms with van der Waals surface area (Å²) < 4.78 is 5.31. The van der Waals surface area contributed by atoms with E-state index in [9.17, 15) is 4.79 Å². The highest BCUT2D eigenvalue weighted by Crippen LogP contribution is 2.17. The van der Waals surface area contributed by atoms with Gasteiger partial charge in [0, 0.05) is 13.2 Å². The Morgan fingerprint density at radius 1 is 1.33 bits per heavy atom. The number of methoxy groups -OCH3 is 1. The SMILES string of the molecule is COC(C(=O)NC1CCNCC1)c1ccccc1. The number of nitrogens with one attached hydrogen (secondary N) is 2. The molecule has 1 atom stereocenters. The van der Waals surface area contributed by atoms with Gasteiger partial charge in [0.05, 0.1) is 0 Å². The van der Waals surface area contributed by atoms with Gasteiger partial charge >= 0.3 is 0 Å². The predicted octanol–water partition coefficient (Wildman–Crippen LogP) is 1.24. The molecule has 1 unspecified atom stereocenters. The van der Waals surface area contributed by atoms with Crippen LogP contribution in [-0.4, -0.2) is 32.1 Å². The third-order valence-electron chi connectivity index (χ3n) is 3.26. The number of amides is 1. The van der Waals surface area contributed by atoms with Crippen LogP contribution in [0.5, 0.6) is 0 Å². The van der Waals surface area contributed by atoms with Crippen molar-refractivity contribution in [3.8, 4) is 0 Å². The molecule has 2 N–H and O–H groups in total. The molecule has 1 aliphatic rings. The van der Waals surface area contributed by atoms with Gasteiger partial charge in [-0.1, -0.05) is 30.3 Å². The van der Waals surface area contributed by atoms with Crippen LogP contribution >= 0.6 is 0 Å². The molecule has 1 amide bonds. The topological polar surface area (TPSA) is 50.4 Å². The number of hydrogen-bond donors (Lipinski definition) is 2. The van der Waals surface area contributed by atoms with E-state index in [1.165, 1.54) is 0 Å². The minimum Gasteiger partial charge on any atom is -0.367 e. The Balaban J connectivity index is 1.97. The number of carbonyl (C=O) groups is 1. The maximum atomic E-state index is 12.2. The lowest BCUT2D eigenvalue weighted by atomic mass is 10.0. The molecule has 1 fully saturated rings. The average molecular weight is 248 g/mol. The summed E-state index contributed by atoms with van der Waals surface area (Å²) in [6.07, 6.45) is 1.45. The third kappa shape index (κ3) is 3.31. The Labute approximate surface area is 108 Å². The lowest BCUT2D eigenvalue weighted by Crippen LogP contribution is -2.44. The molecule has 98 valence electrons. The first-order valence-electron chi connectivity index (χ1n) is 6.40. The Hall–Kier alpha value is -1.39. The van der Waals surface area contributed by atoms with E-state index in [0.29, 0.717) is 0 Å². The molecule has 18 heavy (non-hydrogen) atoms. The number of benzene rings is 1. The zero-order valence-electron chi connectivity index (χ0n) is 10.7. The van der Waals surface area contributed by atoms with Gasteiger partial charge in [-0.15, -0.1) is 0 Å². The smallest absolute Gasteiger partial charge is 0.253 e. The predicted molar refractivity (Wildman–Crippen MR) is 70.2 cm³/mol. The first-order chi connectivity index (χ1) is 8.81. The summed E-state index contributed by atoms with van der Waals surface area (Å²) in [5.74, 6) is -0.0457. The zero-order chi connectivity index (χ0) is 12.8. The van der Waals surface area contributed by atoms with E-state index in [1.807, 2.05) is 30.3 Å². The minimum atomic E-state index is -0.513. The maximum absolute atomic E-state index is 12.2. The molecule has 0 aromatic heterocycles. The number of ether oxygens (including phenoxy) is 1. The lowest BCUT2D eigenvalue weighted by molar-refractivity contribution is -0.132. The molecule has 1 aromatic carbocycles. The summed E-state index contributed by atoms with van der Waals surface area (Å²) in [7, 11) is 1.57. The molecule has 0 bridgehead atoms. The van der Waals surface area contributed by atoms with Crippen molar-refractivity contribution in [2.24, 2.45) is 0 Å². The molecule has 0 spiro atoms. The lowest BCUT2D eigenvalue weighted by Gasteiger charge is -2.25. The molecular weight excluding hydrogens is 228 g/mol. The Morgan fingerprint density at radius 3 is 2.61 bits per heavy atom. The van der Waals surface area contributed by atoms with Gasteiger partial charge < -0.3 is 15.4 Å². The molecule has 1 saturated heterocycles. The molecule has 1 heterocycles. The Kier molecular flexibility index (Phi) is 4.73. The fourth-order valence-electron chi connectivity index (χ4n) is 2.27. The van der Waals surface area contributed by atoms with E-state index in [1.54, 1.807) is 7.11 Å². The van der Waals surface area contributed by atoms with E-state index in [4.69, 9.17) is 4.74 Å². The van der Waals surface area contributed by atoms with Crippen molar-refractivity contribution in [2.45, 2.75) is 25.0 Å². The summed E-state index contributed by atoms with van der Waals surface area (Å²) in [6.45, 7) is 1.93. The average Bonchev–Trinajstić information content (AvgIpc) is 2.42. The summed E-state index contributed by atoms with van der Waals surface area (Å²) in [5.41, 5.74) is 0.895. The van der Waals surface area contributed by atoms with E-state index in [-0.39, 0.29) is 11.9 Å². The maximum Gasteiger partial charge on any atom is 0.253 e. The van der Waals surface area contributed by atoms with Gasteiger partial charge in [-0.05, 0) is 31.5 Å². The molecule has 4 heteroatoms. The monoisotopic (exact) mass is 248 g/mol. The molecule has 4 nitrogen and oxygen atoms in total. The third-order valence-corrected chi connectivity index (χ3v) is 3.26. The number of carbonyl (C=O) groups excluding carboxylic acids is 1. The minimum absolute atomic E-state index is 0.0457. The second kappa shape index (κ2) is 6.52. The number of rotatable bonds is 4. The largest absolute Gasteiger partial charge is 0.367 e. The molecule has 1 aromatic rings. The van der Waals surface area contributed by atoms with Crippen LogP contribution in [0.3, 0.4) is 0 Å². The fraction of sp³-hybridized carbons (Fsp3) is 0.500. The van der Waals surface area contributed by atoms with Gasteiger partial charge in [0.15, 0.2) is 6.10 Å². The molecular formula is C14H20N2O2. The molecule has 1 aliphatic heterocycles. The molecule has 0 radical (unpaired) electrons. The van der Waals surface area contributed by atoms with Crippen LogP contribution in [0.1, 0.15) is 24.5 Å². The van der Waals surface area contributed by atoms with Gasteiger partial charge in [-0.3, -0.25) is 4.79 Å². The van der Waals surface area contributed by atoms with Gasteiger partial charge in [0.1, 0.15) is 0 Å². The van der Waals surface area contributed by atoms with Crippen molar-refractivity contribution in [1.29, 1.82) is 0 Å². The van der Waals surface area contributed by atoms with Crippen LogP contribution in [0.2, 0.25) is 0 Å². The second-order valence-electron chi connectivity index (χ2n) is 4.56. The normalized spacial score (nSPS) is 18.3. The number of hydrogen-bond acceptors (Lipinski definition) is 3. The Bertz CT molecular complexity index is 375. The van der Waals surface area contributed by atoms with E-state index >= 15 is 0 Å². The van der Waals surface area contributed by atoms with Crippen LogP contribution in [0.25, 0.3) is 0 Å². The standard InChI is InChI=1S/C14H20N2O2/c1-18-13(11-5-3-2-4-6-11)14(17)16-12-7-9-15-10-8-12/h2-6,12-13,15H,7-10H2,1H3,(H,16,17). The first kappa shape index (κ1) is 13.1. The highest BCUT2D eigenvalue weighted by Gasteiger charge is 2.23. The van der Waals surface area contributed by atoms with Crippen LogP contribution in [-0.2, 0) is 9.53 Å². The summed E-state index contributed by atoms with van der Waals surface area (Å²) in [6, 6.07) is 9.85. The molecule has 0 aliphatic carbocycles. The summed E-state index contributed by atoms with van der Waals surface area (Å²) in [5, 5.41) is 6.34. The van der Waals surface area contributed by atoms with Crippen LogP contribution in [0.15, 0.2) is 30.3 Å².